The lowest BCUT2D eigenvalue weighted by molar-refractivity contribution is 0.181. The lowest BCUT2D eigenvalue weighted by atomic mass is 10.1. The molecule has 2 fully saturated rings. The van der Waals surface area contributed by atoms with Gasteiger partial charge in [-0.1, -0.05) is 6.42 Å². The van der Waals surface area contributed by atoms with Crippen molar-refractivity contribution in [3.05, 3.63) is 0 Å². The van der Waals surface area contributed by atoms with Gasteiger partial charge in [0.1, 0.15) is 5.37 Å². The van der Waals surface area contributed by atoms with Crippen molar-refractivity contribution in [2.24, 2.45) is 5.73 Å². The van der Waals surface area contributed by atoms with E-state index < -0.39 is 9.84 Å². The lowest BCUT2D eigenvalue weighted by Crippen LogP contribution is -2.55. The fourth-order valence-corrected chi connectivity index (χ4v) is 5.65. The van der Waals surface area contributed by atoms with E-state index >= 15 is 0 Å². The summed E-state index contributed by atoms with van der Waals surface area (Å²) in [6.45, 7) is 0.862. The number of rotatable bonds is 2. The van der Waals surface area contributed by atoms with Gasteiger partial charge in [0.05, 0.1) is 0 Å². The molecular formula is C10H20N2O2S2. The first-order valence-electron chi connectivity index (χ1n) is 5.78. The molecule has 1 saturated carbocycles. The van der Waals surface area contributed by atoms with E-state index in [0.717, 1.165) is 31.6 Å². The van der Waals surface area contributed by atoms with Crippen molar-refractivity contribution >= 4 is 21.6 Å². The lowest BCUT2D eigenvalue weighted by Gasteiger charge is -2.39. The fraction of sp³-hybridized carbons (Fsp3) is 1.00. The zero-order valence-electron chi connectivity index (χ0n) is 9.63. The average Bonchev–Trinajstić information content (AvgIpc) is 2.63. The third-order valence-electron chi connectivity index (χ3n) is 3.58. The highest BCUT2D eigenvalue weighted by molar-refractivity contribution is 8.00. The van der Waals surface area contributed by atoms with Gasteiger partial charge in [-0.05, 0) is 12.8 Å². The van der Waals surface area contributed by atoms with Crippen molar-refractivity contribution in [3.8, 4) is 0 Å². The second kappa shape index (κ2) is 4.84. The van der Waals surface area contributed by atoms with E-state index in [9.17, 15) is 8.42 Å². The van der Waals surface area contributed by atoms with Crippen LogP contribution in [-0.4, -0.2) is 55.1 Å². The molecule has 2 rings (SSSR count). The van der Waals surface area contributed by atoms with Crippen LogP contribution in [0.2, 0.25) is 0 Å². The average molecular weight is 264 g/mol. The predicted octanol–water partition coefficient (Wildman–Crippen LogP) is 0.286. The van der Waals surface area contributed by atoms with Crippen LogP contribution in [0, 0.1) is 0 Å². The van der Waals surface area contributed by atoms with Crippen LogP contribution in [0.15, 0.2) is 0 Å². The van der Waals surface area contributed by atoms with E-state index in [1.54, 1.807) is 11.8 Å². The van der Waals surface area contributed by atoms with Gasteiger partial charge in [-0.3, -0.25) is 4.90 Å². The maximum Gasteiger partial charge on any atom is 0.164 e. The van der Waals surface area contributed by atoms with Crippen LogP contribution < -0.4 is 5.73 Å². The van der Waals surface area contributed by atoms with Crippen LogP contribution in [-0.2, 0) is 9.84 Å². The van der Waals surface area contributed by atoms with Gasteiger partial charge in [-0.25, -0.2) is 8.42 Å². The van der Waals surface area contributed by atoms with E-state index in [2.05, 4.69) is 4.90 Å². The Labute approximate surface area is 102 Å². The summed E-state index contributed by atoms with van der Waals surface area (Å²) in [5.41, 5.74) is 6.07. The molecule has 1 saturated heterocycles. The summed E-state index contributed by atoms with van der Waals surface area (Å²) >= 11 is 1.73. The highest BCUT2D eigenvalue weighted by Crippen LogP contribution is 2.29. The van der Waals surface area contributed by atoms with Crippen molar-refractivity contribution in [1.82, 2.24) is 4.90 Å². The van der Waals surface area contributed by atoms with Gasteiger partial charge in [0, 0.05) is 36.4 Å². The number of nitrogens with zero attached hydrogens (tertiary/aromatic N) is 1. The molecule has 3 atom stereocenters. The summed E-state index contributed by atoms with van der Waals surface area (Å²) in [6, 6.07) is 0.438. The summed E-state index contributed by atoms with van der Waals surface area (Å²) in [4.78, 5) is 2.14. The summed E-state index contributed by atoms with van der Waals surface area (Å²) in [5.74, 6) is 1.72. The monoisotopic (exact) mass is 264 g/mol. The van der Waals surface area contributed by atoms with Gasteiger partial charge in [-0.2, -0.15) is 11.8 Å². The van der Waals surface area contributed by atoms with E-state index in [0.29, 0.717) is 5.75 Å². The molecule has 1 aliphatic carbocycles. The number of sulfone groups is 1. The minimum atomic E-state index is -2.99. The smallest absolute Gasteiger partial charge is 0.164 e. The molecule has 0 spiro atoms. The predicted molar refractivity (Wildman–Crippen MR) is 68.3 cm³/mol. The standard InChI is InChI=1S/C10H20N2O2S2/c1-16(13,14)10-7-15-6-5-12(10)9-4-2-3-8(9)11/h8-10H,2-7,11H2,1H3. The highest BCUT2D eigenvalue weighted by Gasteiger charge is 2.39. The molecule has 0 aromatic heterocycles. The van der Waals surface area contributed by atoms with Crippen molar-refractivity contribution in [1.29, 1.82) is 0 Å². The summed E-state index contributed by atoms with van der Waals surface area (Å²) in [5, 5.41) is -0.319. The third-order valence-corrected chi connectivity index (χ3v) is 6.24. The molecular weight excluding hydrogens is 244 g/mol. The zero-order chi connectivity index (χ0) is 11.8. The normalized spacial score (nSPS) is 37.8. The Bertz CT molecular complexity index is 345. The van der Waals surface area contributed by atoms with E-state index in [1.165, 1.54) is 6.26 Å². The molecule has 1 aliphatic heterocycles. The van der Waals surface area contributed by atoms with Gasteiger partial charge >= 0.3 is 0 Å². The van der Waals surface area contributed by atoms with Crippen LogP contribution in [0.25, 0.3) is 0 Å². The van der Waals surface area contributed by atoms with Crippen LogP contribution in [0.4, 0.5) is 0 Å². The molecule has 4 nitrogen and oxygen atoms in total. The molecule has 0 bridgehead atoms. The van der Waals surface area contributed by atoms with Gasteiger partial charge in [-0.15, -0.1) is 0 Å². The molecule has 0 aromatic carbocycles. The zero-order valence-corrected chi connectivity index (χ0v) is 11.3. The second-order valence-corrected chi connectivity index (χ2v) is 8.11. The van der Waals surface area contributed by atoms with Crippen LogP contribution in [0.3, 0.4) is 0 Å². The largest absolute Gasteiger partial charge is 0.326 e. The summed E-state index contributed by atoms with van der Waals surface area (Å²) in [7, 11) is -2.99. The van der Waals surface area contributed by atoms with Crippen molar-refractivity contribution in [2.75, 3.05) is 24.3 Å². The Morgan fingerprint density at radius 1 is 1.38 bits per heavy atom. The first kappa shape index (κ1) is 12.7. The molecule has 0 aromatic rings. The Morgan fingerprint density at radius 3 is 2.69 bits per heavy atom. The SMILES string of the molecule is CS(=O)(=O)C1CSCCN1C1CCCC1N. The Kier molecular flexibility index (Phi) is 3.83. The molecule has 0 amide bonds. The van der Waals surface area contributed by atoms with Crippen molar-refractivity contribution < 1.29 is 8.42 Å². The Hall–Kier alpha value is 0.220. The number of thioether (sulfide) groups is 1. The molecule has 0 radical (unpaired) electrons. The van der Waals surface area contributed by atoms with Crippen LogP contribution >= 0.6 is 11.8 Å². The second-order valence-electron chi connectivity index (χ2n) is 4.76. The summed E-state index contributed by atoms with van der Waals surface area (Å²) in [6.07, 6.45) is 4.56. The molecule has 2 aliphatic rings. The first-order chi connectivity index (χ1) is 7.50. The first-order valence-corrected chi connectivity index (χ1v) is 8.89. The minimum absolute atomic E-state index is 0.160. The van der Waals surface area contributed by atoms with Gasteiger partial charge in [0.25, 0.3) is 0 Å². The fourth-order valence-electron chi connectivity index (χ4n) is 2.72. The van der Waals surface area contributed by atoms with Gasteiger partial charge in [0.2, 0.25) is 0 Å². The van der Waals surface area contributed by atoms with E-state index in [-0.39, 0.29) is 17.5 Å². The van der Waals surface area contributed by atoms with Crippen molar-refractivity contribution in [3.63, 3.8) is 0 Å². The van der Waals surface area contributed by atoms with Crippen LogP contribution in [0.5, 0.6) is 0 Å². The van der Waals surface area contributed by atoms with Gasteiger partial charge < -0.3 is 5.73 Å². The third kappa shape index (κ3) is 2.55. The molecule has 16 heavy (non-hydrogen) atoms. The number of nitrogens with two attached hydrogens (primary N) is 1. The molecule has 6 heteroatoms. The minimum Gasteiger partial charge on any atom is -0.326 e. The molecule has 94 valence electrons. The maximum atomic E-state index is 11.8. The van der Waals surface area contributed by atoms with Crippen LogP contribution in [0.1, 0.15) is 19.3 Å². The van der Waals surface area contributed by atoms with E-state index in [1.807, 2.05) is 0 Å². The number of hydrogen-bond acceptors (Lipinski definition) is 5. The molecule has 3 unspecified atom stereocenters. The highest BCUT2D eigenvalue weighted by atomic mass is 32.2. The van der Waals surface area contributed by atoms with E-state index in [4.69, 9.17) is 5.73 Å². The van der Waals surface area contributed by atoms with Gasteiger partial charge in [0.15, 0.2) is 9.84 Å². The molecule has 1 heterocycles. The summed E-state index contributed by atoms with van der Waals surface area (Å²) < 4.78 is 23.5. The van der Waals surface area contributed by atoms with Crippen molar-refractivity contribution in [2.45, 2.75) is 36.7 Å². The Morgan fingerprint density at radius 2 is 2.12 bits per heavy atom. The number of hydrogen-bond donors (Lipinski definition) is 1. The maximum absolute atomic E-state index is 11.8. The Balaban J connectivity index is 2.16. The quantitative estimate of drug-likeness (QED) is 0.776. The topological polar surface area (TPSA) is 63.4 Å². The molecule has 2 N–H and O–H groups in total.